The van der Waals surface area contributed by atoms with Gasteiger partial charge < -0.3 is 9.84 Å². The van der Waals surface area contributed by atoms with Crippen LogP contribution in [0.2, 0.25) is 0 Å². The number of aliphatic hydroxyl groups is 1. The van der Waals surface area contributed by atoms with Crippen molar-refractivity contribution < 1.29 is 9.84 Å². The Hall–Kier alpha value is -0.0800. The summed E-state index contributed by atoms with van der Waals surface area (Å²) in [5, 5.41) is 10.7. The summed E-state index contributed by atoms with van der Waals surface area (Å²) in [4.78, 5) is 0. The topological polar surface area (TPSA) is 29.5 Å². The van der Waals surface area contributed by atoms with E-state index in [0.29, 0.717) is 5.92 Å². The van der Waals surface area contributed by atoms with Gasteiger partial charge in [0.05, 0.1) is 12.2 Å². The van der Waals surface area contributed by atoms with Gasteiger partial charge in [0, 0.05) is 12.5 Å². The Morgan fingerprint density at radius 3 is 2.38 bits per heavy atom. The molecular formula is C14H26O2. The Morgan fingerprint density at radius 2 is 1.88 bits per heavy atom. The van der Waals surface area contributed by atoms with E-state index < -0.39 is 5.60 Å². The summed E-state index contributed by atoms with van der Waals surface area (Å²) in [7, 11) is 0. The highest BCUT2D eigenvalue weighted by Crippen LogP contribution is 2.42. The van der Waals surface area contributed by atoms with Crippen molar-refractivity contribution in [2.75, 3.05) is 13.2 Å². The van der Waals surface area contributed by atoms with E-state index in [1.54, 1.807) is 0 Å². The Morgan fingerprint density at radius 1 is 1.19 bits per heavy atom. The van der Waals surface area contributed by atoms with Gasteiger partial charge in [-0.25, -0.2) is 0 Å². The molecule has 1 atom stereocenters. The Bertz CT molecular complexity index is 211. The van der Waals surface area contributed by atoms with Crippen LogP contribution >= 0.6 is 0 Å². The molecule has 2 heteroatoms. The van der Waals surface area contributed by atoms with Crippen molar-refractivity contribution in [3.63, 3.8) is 0 Å². The highest BCUT2D eigenvalue weighted by Gasteiger charge is 2.41. The molecule has 2 rings (SSSR count). The fourth-order valence-corrected chi connectivity index (χ4v) is 3.38. The predicted molar refractivity (Wildman–Crippen MR) is 65.3 cm³/mol. The van der Waals surface area contributed by atoms with Crippen molar-refractivity contribution in [1.29, 1.82) is 0 Å². The summed E-state index contributed by atoms with van der Waals surface area (Å²) in [5.74, 6) is 1.99. The lowest BCUT2D eigenvalue weighted by atomic mass is 9.68. The van der Waals surface area contributed by atoms with Crippen LogP contribution in [0.25, 0.3) is 0 Å². The molecule has 0 aromatic heterocycles. The molecule has 94 valence electrons. The van der Waals surface area contributed by atoms with Gasteiger partial charge in [0.15, 0.2) is 0 Å². The maximum absolute atomic E-state index is 10.7. The average Bonchev–Trinajstić information content (AvgIpc) is 2.31. The molecule has 2 nitrogen and oxygen atoms in total. The minimum atomic E-state index is -0.411. The summed E-state index contributed by atoms with van der Waals surface area (Å²) in [6.45, 7) is 6.28. The zero-order valence-electron chi connectivity index (χ0n) is 10.7. The second-order valence-corrected chi connectivity index (χ2v) is 6.10. The Kier molecular flexibility index (Phi) is 3.91. The molecule has 1 unspecified atom stereocenters. The molecule has 1 aliphatic heterocycles. The quantitative estimate of drug-likeness (QED) is 0.784. The minimum Gasteiger partial charge on any atom is -0.390 e. The Balaban J connectivity index is 1.89. The lowest BCUT2D eigenvalue weighted by Gasteiger charge is -2.43. The lowest BCUT2D eigenvalue weighted by Crippen LogP contribution is -2.45. The van der Waals surface area contributed by atoms with Crippen molar-refractivity contribution in [3.05, 3.63) is 0 Å². The van der Waals surface area contributed by atoms with Crippen molar-refractivity contribution >= 4 is 0 Å². The number of rotatable bonds is 2. The molecule has 0 amide bonds. The molecule has 2 fully saturated rings. The molecule has 1 N–H and O–H groups in total. The molecule has 2 aliphatic rings. The number of ether oxygens (including phenoxy) is 1. The van der Waals surface area contributed by atoms with E-state index >= 15 is 0 Å². The van der Waals surface area contributed by atoms with Crippen LogP contribution in [-0.4, -0.2) is 23.9 Å². The molecule has 0 aromatic rings. The normalized spacial score (nSPS) is 41.2. The summed E-state index contributed by atoms with van der Waals surface area (Å²) >= 11 is 0. The fraction of sp³-hybridized carbons (Fsp3) is 1.00. The number of hydrogen-bond acceptors (Lipinski definition) is 2. The van der Waals surface area contributed by atoms with Gasteiger partial charge in [0.2, 0.25) is 0 Å². The van der Waals surface area contributed by atoms with E-state index in [1.807, 2.05) is 0 Å². The first-order valence-electron chi connectivity index (χ1n) is 6.92. The minimum absolute atomic E-state index is 0.398. The van der Waals surface area contributed by atoms with Crippen LogP contribution < -0.4 is 0 Å². The fourth-order valence-electron chi connectivity index (χ4n) is 3.38. The average molecular weight is 226 g/mol. The SMILES string of the molecule is CC(C)C1CCC(O)(C2CCCOC2)CC1. The third-order valence-corrected chi connectivity index (χ3v) is 4.76. The second kappa shape index (κ2) is 5.05. The molecule has 1 saturated heterocycles. The molecule has 1 saturated carbocycles. The smallest absolute Gasteiger partial charge is 0.0698 e. The van der Waals surface area contributed by atoms with Gasteiger partial charge in [-0.2, -0.15) is 0 Å². The molecular weight excluding hydrogens is 200 g/mol. The molecule has 1 aliphatic carbocycles. The van der Waals surface area contributed by atoms with Crippen LogP contribution in [0.15, 0.2) is 0 Å². The molecule has 0 spiro atoms. The van der Waals surface area contributed by atoms with Crippen molar-refractivity contribution in [2.24, 2.45) is 17.8 Å². The maximum Gasteiger partial charge on any atom is 0.0698 e. The van der Waals surface area contributed by atoms with Crippen molar-refractivity contribution in [3.8, 4) is 0 Å². The van der Waals surface area contributed by atoms with E-state index in [2.05, 4.69) is 13.8 Å². The number of hydrogen-bond donors (Lipinski definition) is 1. The van der Waals surface area contributed by atoms with E-state index in [-0.39, 0.29) is 0 Å². The van der Waals surface area contributed by atoms with Crippen LogP contribution in [0, 0.1) is 17.8 Å². The third kappa shape index (κ3) is 2.60. The summed E-state index contributed by atoms with van der Waals surface area (Å²) in [6.07, 6.45) is 6.66. The van der Waals surface area contributed by atoms with Crippen LogP contribution in [0.3, 0.4) is 0 Å². The van der Waals surface area contributed by atoms with Crippen molar-refractivity contribution in [1.82, 2.24) is 0 Å². The molecule has 1 heterocycles. The second-order valence-electron chi connectivity index (χ2n) is 6.10. The van der Waals surface area contributed by atoms with Crippen molar-refractivity contribution in [2.45, 2.75) is 58.0 Å². The van der Waals surface area contributed by atoms with E-state index in [1.165, 1.54) is 12.8 Å². The third-order valence-electron chi connectivity index (χ3n) is 4.76. The van der Waals surface area contributed by atoms with Gasteiger partial charge in [-0.05, 0) is 50.4 Å². The molecule has 0 bridgehead atoms. The van der Waals surface area contributed by atoms with Crippen LogP contribution in [0.5, 0.6) is 0 Å². The Labute approximate surface area is 99.4 Å². The first-order valence-corrected chi connectivity index (χ1v) is 6.92. The maximum atomic E-state index is 10.7. The van der Waals surface area contributed by atoms with Crippen LogP contribution in [-0.2, 0) is 4.74 Å². The monoisotopic (exact) mass is 226 g/mol. The first kappa shape index (κ1) is 12.4. The van der Waals surface area contributed by atoms with Gasteiger partial charge in [-0.1, -0.05) is 13.8 Å². The largest absolute Gasteiger partial charge is 0.390 e. The van der Waals surface area contributed by atoms with E-state index in [0.717, 1.165) is 50.7 Å². The lowest BCUT2D eigenvalue weighted by molar-refractivity contribution is -0.107. The van der Waals surface area contributed by atoms with Crippen LogP contribution in [0.4, 0.5) is 0 Å². The molecule has 16 heavy (non-hydrogen) atoms. The highest BCUT2D eigenvalue weighted by molar-refractivity contribution is 4.92. The molecule has 0 radical (unpaired) electrons. The van der Waals surface area contributed by atoms with Gasteiger partial charge in [0.25, 0.3) is 0 Å². The van der Waals surface area contributed by atoms with Gasteiger partial charge in [-0.3, -0.25) is 0 Å². The zero-order valence-corrected chi connectivity index (χ0v) is 10.7. The molecule has 0 aromatic carbocycles. The summed E-state index contributed by atoms with van der Waals surface area (Å²) in [5.41, 5.74) is -0.411. The summed E-state index contributed by atoms with van der Waals surface area (Å²) < 4.78 is 5.51. The zero-order chi connectivity index (χ0) is 11.6. The standard InChI is InChI=1S/C14H26O2/c1-11(2)12-5-7-14(15,8-6-12)13-4-3-9-16-10-13/h11-13,15H,3-10H2,1-2H3. The summed E-state index contributed by atoms with van der Waals surface area (Å²) in [6, 6.07) is 0. The van der Waals surface area contributed by atoms with E-state index in [9.17, 15) is 5.11 Å². The predicted octanol–water partition coefficient (Wildman–Crippen LogP) is 2.99. The van der Waals surface area contributed by atoms with E-state index in [4.69, 9.17) is 4.74 Å². The van der Waals surface area contributed by atoms with Gasteiger partial charge >= 0.3 is 0 Å². The van der Waals surface area contributed by atoms with Gasteiger partial charge in [0.1, 0.15) is 0 Å². The highest BCUT2D eigenvalue weighted by atomic mass is 16.5. The first-order chi connectivity index (χ1) is 7.62. The van der Waals surface area contributed by atoms with Gasteiger partial charge in [-0.15, -0.1) is 0 Å². The van der Waals surface area contributed by atoms with Crippen LogP contribution in [0.1, 0.15) is 52.4 Å².